The Morgan fingerprint density at radius 2 is 2.04 bits per heavy atom. The van der Waals surface area contributed by atoms with Crippen LogP contribution in [-0.4, -0.2) is 31.0 Å². The van der Waals surface area contributed by atoms with Crippen LogP contribution in [0.1, 0.15) is 11.5 Å². The van der Waals surface area contributed by atoms with Crippen molar-refractivity contribution >= 4 is 46.6 Å². The average molecular weight is 410 g/mol. The molecule has 0 spiro atoms. The summed E-state index contributed by atoms with van der Waals surface area (Å²) in [7, 11) is 3.89. The minimum absolute atomic E-state index is 0.175. The van der Waals surface area contributed by atoms with Crippen LogP contribution in [-0.2, 0) is 25.3 Å². The summed E-state index contributed by atoms with van der Waals surface area (Å²) < 4.78 is 3.95. The first-order chi connectivity index (χ1) is 12.4. The van der Waals surface area contributed by atoms with Crippen LogP contribution in [0.2, 0.25) is 10.0 Å². The van der Waals surface area contributed by atoms with Crippen molar-refractivity contribution in [1.29, 1.82) is 0 Å². The smallest absolute Gasteiger partial charge is 0.234 e. The molecule has 0 saturated heterocycles. The molecule has 3 rings (SSSR count). The highest BCUT2D eigenvalue weighted by molar-refractivity contribution is 7.99. The van der Waals surface area contributed by atoms with Crippen LogP contribution in [0, 0.1) is 0 Å². The topological polar surface area (TPSA) is 64.7 Å². The van der Waals surface area contributed by atoms with Crippen LogP contribution < -0.4 is 5.32 Å². The molecule has 2 heterocycles. The zero-order chi connectivity index (χ0) is 18.7. The number of hydrogen-bond donors (Lipinski definition) is 1. The molecule has 0 aliphatic carbocycles. The van der Waals surface area contributed by atoms with E-state index in [0.717, 1.165) is 11.5 Å². The van der Waals surface area contributed by atoms with Gasteiger partial charge in [0, 0.05) is 37.4 Å². The fraction of sp³-hybridized carbons (Fsp3) is 0.235. The molecule has 2 aromatic heterocycles. The largest absolute Gasteiger partial charge is 0.354 e. The highest BCUT2D eigenvalue weighted by atomic mass is 35.5. The van der Waals surface area contributed by atoms with Gasteiger partial charge in [-0.25, -0.2) is 0 Å². The monoisotopic (exact) mass is 409 g/mol. The lowest BCUT2D eigenvalue weighted by Crippen LogP contribution is -2.14. The van der Waals surface area contributed by atoms with Gasteiger partial charge < -0.3 is 14.5 Å². The molecule has 0 aliphatic heterocycles. The number of carbonyl (C=O) groups is 1. The molecule has 1 N–H and O–H groups in total. The van der Waals surface area contributed by atoms with Crippen molar-refractivity contribution in [3.63, 3.8) is 0 Å². The Bertz CT molecular complexity index is 937. The van der Waals surface area contributed by atoms with Gasteiger partial charge in [0.1, 0.15) is 5.82 Å². The number of amides is 1. The van der Waals surface area contributed by atoms with Gasteiger partial charge in [0.15, 0.2) is 5.16 Å². The van der Waals surface area contributed by atoms with Crippen LogP contribution in [0.4, 0.5) is 5.69 Å². The Hall–Kier alpha value is -1.96. The molecule has 1 amide bonds. The molecular weight excluding hydrogens is 393 g/mol. The molecule has 0 saturated carbocycles. The van der Waals surface area contributed by atoms with Crippen LogP contribution >= 0.6 is 35.0 Å². The van der Waals surface area contributed by atoms with Crippen molar-refractivity contribution in [3.05, 3.63) is 58.1 Å². The second-order valence-corrected chi connectivity index (χ2v) is 7.49. The summed E-state index contributed by atoms with van der Waals surface area (Å²) in [4.78, 5) is 12.2. The van der Waals surface area contributed by atoms with E-state index < -0.39 is 0 Å². The van der Waals surface area contributed by atoms with E-state index in [4.69, 9.17) is 23.2 Å². The fourth-order valence-corrected chi connectivity index (χ4v) is 3.56. The Kier molecular flexibility index (Phi) is 5.90. The van der Waals surface area contributed by atoms with Gasteiger partial charge in [0.25, 0.3) is 0 Å². The van der Waals surface area contributed by atoms with Crippen molar-refractivity contribution in [2.75, 3.05) is 11.1 Å². The van der Waals surface area contributed by atoms with Crippen molar-refractivity contribution in [2.45, 2.75) is 11.6 Å². The van der Waals surface area contributed by atoms with Gasteiger partial charge in [-0.15, -0.1) is 10.2 Å². The summed E-state index contributed by atoms with van der Waals surface area (Å²) in [6, 6.07) is 8.98. The van der Waals surface area contributed by atoms with Gasteiger partial charge in [-0.05, 0) is 30.3 Å². The van der Waals surface area contributed by atoms with E-state index in [2.05, 4.69) is 15.5 Å². The number of benzene rings is 1. The lowest BCUT2D eigenvalue weighted by molar-refractivity contribution is -0.113. The molecule has 9 heteroatoms. The second kappa shape index (κ2) is 8.16. The molecule has 1 aromatic carbocycles. The van der Waals surface area contributed by atoms with Crippen LogP contribution in [0.25, 0.3) is 0 Å². The predicted molar refractivity (Wildman–Crippen MR) is 105 cm³/mol. The molecule has 0 aliphatic rings. The summed E-state index contributed by atoms with van der Waals surface area (Å²) >= 11 is 13.2. The maximum absolute atomic E-state index is 12.2. The van der Waals surface area contributed by atoms with E-state index in [0.29, 0.717) is 27.3 Å². The van der Waals surface area contributed by atoms with Crippen LogP contribution in [0.5, 0.6) is 0 Å². The first-order valence-corrected chi connectivity index (χ1v) is 9.54. The predicted octanol–water partition coefficient (Wildman–Crippen LogP) is 3.78. The van der Waals surface area contributed by atoms with Crippen molar-refractivity contribution in [2.24, 2.45) is 14.1 Å². The SMILES string of the molecule is Cn1cccc1Cc1nnc(SCC(=O)Nc2ccc(Cl)cc2Cl)n1C. The second-order valence-electron chi connectivity index (χ2n) is 5.71. The summed E-state index contributed by atoms with van der Waals surface area (Å²) in [6.45, 7) is 0. The molecule has 0 fully saturated rings. The fourth-order valence-electron chi connectivity index (χ4n) is 2.37. The minimum Gasteiger partial charge on any atom is -0.354 e. The maximum atomic E-state index is 12.2. The number of aryl methyl sites for hydroxylation is 1. The number of hydrogen-bond acceptors (Lipinski definition) is 4. The van der Waals surface area contributed by atoms with Gasteiger partial charge in [-0.2, -0.15) is 0 Å². The Morgan fingerprint density at radius 3 is 2.73 bits per heavy atom. The van der Waals surface area contributed by atoms with Crippen molar-refractivity contribution in [1.82, 2.24) is 19.3 Å². The Morgan fingerprint density at radius 1 is 1.23 bits per heavy atom. The molecule has 136 valence electrons. The minimum atomic E-state index is -0.175. The first kappa shape index (κ1) is 18.8. The molecule has 0 unspecified atom stereocenters. The molecule has 0 atom stereocenters. The molecule has 26 heavy (non-hydrogen) atoms. The normalized spacial score (nSPS) is 10.9. The van der Waals surface area contributed by atoms with Crippen molar-refractivity contribution < 1.29 is 4.79 Å². The molecular formula is C17H17Cl2N5OS. The number of aromatic nitrogens is 4. The Labute approximate surface area is 165 Å². The lowest BCUT2D eigenvalue weighted by Gasteiger charge is -2.07. The van der Waals surface area contributed by atoms with Gasteiger partial charge >= 0.3 is 0 Å². The summed E-state index contributed by atoms with van der Waals surface area (Å²) in [5.74, 6) is 0.872. The van der Waals surface area contributed by atoms with Gasteiger partial charge in [0.05, 0.1) is 16.5 Å². The van der Waals surface area contributed by atoms with E-state index in [1.807, 2.05) is 41.6 Å². The number of carbonyl (C=O) groups excluding carboxylic acids is 1. The van der Waals surface area contributed by atoms with E-state index >= 15 is 0 Å². The Balaban J connectivity index is 1.59. The van der Waals surface area contributed by atoms with Crippen molar-refractivity contribution in [3.8, 4) is 0 Å². The zero-order valence-electron chi connectivity index (χ0n) is 14.2. The number of halogens is 2. The van der Waals surface area contributed by atoms with Crippen LogP contribution in [0.3, 0.4) is 0 Å². The average Bonchev–Trinajstić information content (AvgIpc) is 3.15. The van der Waals surface area contributed by atoms with Gasteiger partial charge in [-0.1, -0.05) is 35.0 Å². The quantitative estimate of drug-likeness (QED) is 0.629. The molecule has 3 aromatic rings. The summed E-state index contributed by atoms with van der Waals surface area (Å²) in [5, 5.41) is 12.8. The number of anilines is 1. The molecule has 0 radical (unpaired) electrons. The third-order valence-electron chi connectivity index (χ3n) is 3.85. The standard InChI is InChI=1S/C17H17Cl2N5OS/c1-23-7-3-4-12(23)9-15-21-22-17(24(15)2)26-10-16(25)20-14-6-5-11(18)8-13(14)19/h3-8H,9-10H2,1-2H3,(H,20,25). The van der Waals surface area contributed by atoms with Gasteiger partial charge in [0.2, 0.25) is 5.91 Å². The van der Waals surface area contributed by atoms with E-state index in [1.165, 1.54) is 11.8 Å². The number of nitrogens with zero attached hydrogens (tertiary/aromatic N) is 4. The van der Waals surface area contributed by atoms with E-state index in [1.54, 1.807) is 18.2 Å². The first-order valence-electron chi connectivity index (χ1n) is 7.80. The third kappa shape index (κ3) is 4.41. The number of rotatable bonds is 6. The van der Waals surface area contributed by atoms with E-state index in [9.17, 15) is 4.79 Å². The third-order valence-corrected chi connectivity index (χ3v) is 5.42. The summed E-state index contributed by atoms with van der Waals surface area (Å²) in [5.41, 5.74) is 1.68. The highest BCUT2D eigenvalue weighted by Crippen LogP contribution is 2.26. The summed E-state index contributed by atoms with van der Waals surface area (Å²) in [6.07, 6.45) is 2.67. The number of nitrogens with one attached hydrogen (secondary N) is 1. The molecule has 6 nitrogen and oxygen atoms in total. The zero-order valence-corrected chi connectivity index (χ0v) is 16.6. The molecule has 0 bridgehead atoms. The highest BCUT2D eigenvalue weighted by Gasteiger charge is 2.13. The maximum Gasteiger partial charge on any atom is 0.234 e. The van der Waals surface area contributed by atoms with E-state index in [-0.39, 0.29) is 11.7 Å². The van der Waals surface area contributed by atoms with Gasteiger partial charge in [-0.3, -0.25) is 4.79 Å². The lowest BCUT2D eigenvalue weighted by atomic mass is 10.3. The van der Waals surface area contributed by atoms with Crippen LogP contribution in [0.15, 0.2) is 41.7 Å². The number of thioether (sulfide) groups is 1.